The third-order valence-electron chi connectivity index (χ3n) is 5.49. The second-order valence-corrected chi connectivity index (χ2v) is 8.90. The van der Waals surface area contributed by atoms with Gasteiger partial charge in [-0.15, -0.1) is 0 Å². The zero-order valence-electron chi connectivity index (χ0n) is 17.1. The normalized spacial score (nSPS) is 18.1. The van der Waals surface area contributed by atoms with Gasteiger partial charge in [-0.05, 0) is 95.2 Å². The summed E-state index contributed by atoms with van der Waals surface area (Å²) in [4.78, 5) is 6.64. The highest BCUT2D eigenvalue weighted by Gasteiger charge is 2.42. The fourth-order valence-corrected chi connectivity index (χ4v) is 4.94. The van der Waals surface area contributed by atoms with Gasteiger partial charge in [-0.1, -0.05) is 18.2 Å². The van der Waals surface area contributed by atoms with Crippen LogP contribution in [0.5, 0.6) is 0 Å². The van der Waals surface area contributed by atoms with Crippen LogP contribution in [0.2, 0.25) is 0 Å². The van der Waals surface area contributed by atoms with Crippen molar-refractivity contribution in [3.63, 3.8) is 0 Å². The largest absolute Gasteiger partial charge is 0.459 e. The first-order valence-electron chi connectivity index (χ1n) is 10.1. The lowest BCUT2D eigenvalue weighted by Gasteiger charge is -2.26. The van der Waals surface area contributed by atoms with E-state index >= 15 is 0 Å². The van der Waals surface area contributed by atoms with E-state index in [1.807, 2.05) is 42.5 Å². The van der Waals surface area contributed by atoms with Crippen LogP contribution < -0.4 is 10.2 Å². The van der Waals surface area contributed by atoms with Crippen LogP contribution in [0.25, 0.3) is 11.3 Å². The van der Waals surface area contributed by atoms with Crippen molar-refractivity contribution in [1.29, 1.82) is 0 Å². The van der Waals surface area contributed by atoms with Gasteiger partial charge in [0.25, 0.3) is 0 Å². The Hall–Kier alpha value is -3.03. The Morgan fingerprint density at radius 3 is 2.69 bits per heavy atom. The molecular formula is C25H19BrFN3OS. The molecule has 7 heteroatoms. The molecule has 2 aromatic carbocycles. The fourth-order valence-electron chi connectivity index (χ4n) is 4.05. The Balaban J connectivity index is 1.61. The highest BCUT2D eigenvalue weighted by Crippen LogP contribution is 2.43. The predicted molar refractivity (Wildman–Crippen MR) is 131 cm³/mol. The van der Waals surface area contributed by atoms with Crippen molar-refractivity contribution in [3.05, 3.63) is 106 Å². The van der Waals surface area contributed by atoms with Crippen LogP contribution in [0.1, 0.15) is 29.1 Å². The van der Waals surface area contributed by atoms with Crippen LogP contribution in [0, 0.1) is 12.7 Å². The molecule has 1 saturated heterocycles. The lowest BCUT2D eigenvalue weighted by molar-refractivity contribution is 0.439. The third kappa shape index (κ3) is 3.82. The van der Waals surface area contributed by atoms with Gasteiger partial charge in [0.2, 0.25) is 0 Å². The molecule has 1 aliphatic rings. The maximum atomic E-state index is 13.6. The number of hydrogen-bond donors (Lipinski definition) is 1. The molecule has 2 aromatic heterocycles. The molecule has 0 amide bonds. The van der Waals surface area contributed by atoms with Crippen LogP contribution >= 0.6 is 28.1 Å². The topological polar surface area (TPSA) is 41.3 Å². The fraction of sp³-hybridized carbons (Fsp3) is 0.120. The molecule has 0 spiro atoms. The molecule has 0 unspecified atom stereocenters. The number of thiocarbonyl (C=S) groups is 1. The SMILES string of the molecule is Cc1cccc(N2C(=S)N[C@@H](c3ccccn3)[C@@H]2c2ccc(-c3ccc(F)cc3Br)o2)c1. The van der Waals surface area contributed by atoms with Gasteiger partial charge in [0.15, 0.2) is 5.11 Å². The van der Waals surface area contributed by atoms with Gasteiger partial charge < -0.3 is 14.6 Å². The van der Waals surface area contributed by atoms with Gasteiger partial charge in [-0.25, -0.2) is 4.39 Å². The van der Waals surface area contributed by atoms with Crippen LogP contribution in [-0.4, -0.2) is 10.1 Å². The van der Waals surface area contributed by atoms with Crippen molar-refractivity contribution >= 4 is 38.9 Å². The molecule has 1 fully saturated rings. The number of anilines is 1. The number of furan rings is 1. The summed E-state index contributed by atoms with van der Waals surface area (Å²) in [6.45, 7) is 2.05. The third-order valence-corrected chi connectivity index (χ3v) is 6.46. The van der Waals surface area contributed by atoms with Crippen molar-refractivity contribution in [1.82, 2.24) is 10.3 Å². The number of pyridine rings is 1. The summed E-state index contributed by atoms with van der Waals surface area (Å²) >= 11 is 9.19. The van der Waals surface area contributed by atoms with E-state index in [0.717, 1.165) is 28.3 Å². The lowest BCUT2D eigenvalue weighted by Crippen LogP contribution is -2.29. The molecule has 4 nitrogen and oxygen atoms in total. The molecule has 0 bridgehead atoms. The first-order valence-corrected chi connectivity index (χ1v) is 11.3. The van der Waals surface area contributed by atoms with Crippen molar-refractivity contribution in [3.8, 4) is 11.3 Å². The molecule has 4 aromatic rings. The summed E-state index contributed by atoms with van der Waals surface area (Å²) in [5.41, 5.74) is 3.77. The summed E-state index contributed by atoms with van der Waals surface area (Å²) in [5, 5.41) is 4.04. The summed E-state index contributed by atoms with van der Waals surface area (Å²) in [5.74, 6) is 1.08. The minimum absolute atomic E-state index is 0.195. The molecule has 5 rings (SSSR count). The quantitative estimate of drug-likeness (QED) is 0.310. The Labute approximate surface area is 199 Å². The maximum absolute atomic E-state index is 13.6. The van der Waals surface area contributed by atoms with Crippen LogP contribution in [-0.2, 0) is 0 Å². The summed E-state index contributed by atoms with van der Waals surface area (Å²) in [6.07, 6.45) is 1.77. The van der Waals surface area contributed by atoms with Crippen LogP contribution in [0.4, 0.5) is 10.1 Å². The van der Waals surface area contributed by atoms with Gasteiger partial charge >= 0.3 is 0 Å². The zero-order valence-corrected chi connectivity index (χ0v) is 19.5. The molecule has 0 saturated carbocycles. The summed E-state index contributed by atoms with van der Waals surface area (Å²) in [6, 6.07) is 22.0. The minimum atomic E-state index is -0.307. The van der Waals surface area contributed by atoms with E-state index in [4.69, 9.17) is 16.6 Å². The number of aryl methyl sites for hydroxylation is 1. The van der Waals surface area contributed by atoms with Gasteiger partial charge in [-0.3, -0.25) is 4.98 Å². The maximum Gasteiger partial charge on any atom is 0.174 e. The number of rotatable bonds is 4. The Morgan fingerprint density at radius 2 is 1.94 bits per heavy atom. The molecular weight excluding hydrogens is 489 g/mol. The predicted octanol–water partition coefficient (Wildman–Crippen LogP) is 6.73. The average Bonchev–Trinajstić information content (AvgIpc) is 3.39. The monoisotopic (exact) mass is 507 g/mol. The molecule has 3 heterocycles. The molecule has 2 atom stereocenters. The standard InChI is InChI=1S/C25H19BrFN3OS/c1-15-5-4-6-17(13-15)30-24(23(29-25(30)32)20-7-2-3-12-28-20)22-11-10-21(31-22)18-9-8-16(27)14-19(18)26/h2-14,23-24H,1H3,(H,29,32)/t23-,24-/m0/s1. The highest BCUT2D eigenvalue weighted by atomic mass is 79.9. The van der Waals surface area contributed by atoms with E-state index < -0.39 is 0 Å². The number of aromatic nitrogens is 1. The number of nitrogens with one attached hydrogen (secondary N) is 1. The van der Waals surface area contributed by atoms with Crippen molar-refractivity contribution in [2.45, 2.75) is 19.0 Å². The number of nitrogens with zero attached hydrogens (tertiary/aromatic N) is 2. The van der Waals surface area contributed by atoms with Crippen LogP contribution in [0.3, 0.4) is 0 Å². The van der Waals surface area contributed by atoms with Gasteiger partial charge in [0, 0.05) is 21.9 Å². The van der Waals surface area contributed by atoms with E-state index in [1.54, 1.807) is 12.3 Å². The Morgan fingerprint density at radius 1 is 1.06 bits per heavy atom. The number of halogens is 2. The summed E-state index contributed by atoms with van der Waals surface area (Å²) < 4.78 is 20.5. The van der Waals surface area contributed by atoms with E-state index in [-0.39, 0.29) is 17.9 Å². The first kappa shape index (κ1) is 20.8. The summed E-state index contributed by atoms with van der Waals surface area (Å²) in [7, 11) is 0. The Kier molecular flexibility index (Phi) is 5.53. The molecule has 1 aliphatic heterocycles. The zero-order chi connectivity index (χ0) is 22.2. The van der Waals surface area contributed by atoms with E-state index in [2.05, 4.69) is 50.2 Å². The van der Waals surface area contributed by atoms with Gasteiger partial charge in [0.05, 0.1) is 11.7 Å². The number of benzene rings is 2. The second kappa shape index (κ2) is 8.48. The van der Waals surface area contributed by atoms with Crippen molar-refractivity contribution in [2.75, 3.05) is 4.90 Å². The minimum Gasteiger partial charge on any atom is -0.459 e. The van der Waals surface area contributed by atoms with Gasteiger partial charge in [0.1, 0.15) is 23.4 Å². The van der Waals surface area contributed by atoms with Gasteiger partial charge in [-0.2, -0.15) is 0 Å². The smallest absolute Gasteiger partial charge is 0.174 e. The van der Waals surface area contributed by atoms with E-state index in [9.17, 15) is 4.39 Å². The first-order chi connectivity index (χ1) is 15.5. The van der Waals surface area contributed by atoms with Crippen molar-refractivity contribution in [2.24, 2.45) is 0 Å². The molecule has 1 N–H and O–H groups in total. The molecule has 160 valence electrons. The van der Waals surface area contributed by atoms with E-state index in [1.165, 1.54) is 12.1 Å². The molecule has 0 radical (unpaired) electrons. The lowest BCUT2D eigenvalue weighted by atomic mass is 10.0. The van der Waals surface area contributed by atoms with Crippen molar-refractivity contribution < 1.29 is 8.81 Å². The number of hydrogen-bond acceptors (Lipinski definition) is 3. The molecule has 0 aliphatic carbocycles. The molecule has 32 heavy (non-hydrogen) atoms. The average molecular weight is 508 g/mol. The Bertz CT molecular complexity index is 1290. The van der Waals surface area contributed by atoms with E-state index in [0.29, 0.717) is 15.3 Å². The highest BCUT2D eigenvalue weighted by molar-refractivity contribution is 9.10. The second-order valence-electron chi connectivity index (χ2n) is 7.66. The van der Waals surface area contributed by atoms with Crippen LogP contribution in [0.15, 0.2) is 87.9 Å².